The van der Waals surface area contributed by atoms with Gasteiger partial charge in [0.25, 0.3) is 5.76 Å². The van der Waals surface area contributed by atoms with Crippen LogP contribution in [-0.2, 0) is 9.59 Å². The minimum atomic E-state index is -2.48. The number of nitrogens with one attached hydrogen (secondary N) is 2. The number of alkyl halides is 2. The van der Waals surface area contributed by atoms with E-state index in [1.54, 1.807) is 24.1 Å². The zero-order valence-corrected chi connectivity index (χ0v) is 17.7. The summed E-state index contributed by atoms with van der Waals surface area (Å²) in [5, 5.41) is 5.60. The highest BCUT2D eigenvalue weighted by Crippen LogP contribution is 2.26. The Hall–Kier alpha value is -2.45. The van der Waals surface area contributed by atoms with E-state index in [0.717, 1.165) is 22.4 Å². The van der Waals surface area contributed by atoms with Crippen molar-refractivity contribution in [2.45, 2.75) is 31.4 Å². The van der Waals surface area contributed by atoms with Gasteiger partial charge in [-0.2, -0.15) is 8.78 Å². The standard InChI is InChI=1S/C21H25F2N3O2S/c1-13-9-14(2)20(15(3)10-13)25-19(28)12-26(4)11-18(27)24-16-5-7-17(8-6-16)29-21(22)23/h5-10,21H,11-12H2,1-4H3,(H,24,27)(H,25,28). The first-order valence-corrected chi connectivity index (χ1v) is 9.93. The van der Waals surface area contributed by atoms with Crippen molar-refractivity contribution in [3.63, 3.8) is 0 Å². The maximum Gasteiger partial charge on any atom is 0.288 e. The molecule has 0 unspecified atom stereocenters. The second-order valence-electron chi connectivity index (χ2n) is 6.95. The summed E-state index contributed by atoms with van der Waals surface area (Å²) in [7, 11) is 1.68. The van der Waals surface area contributed by atoms with E-state index in [-0.39, 0.29) is 24.9 Å². The summed E-state index contributed by atoms with van der Waals surface area (Å²) in [6.45, 7) is 5.97. The number of thioether (sulfide) groups is 1. The molecule has 0 fully saturated rings. The molecule has 2 N–H and O–H groups in total. The van der Waals surface area contributed by atoms with E-state index < -0.39 is 5.76 Å². The minimum Gasteiger partial charge on any atom is -0.325 e. The maximum atomic E-state index is 12.3. The molecular weight excluding hydrogens is 396 g/mol. The Kier molecular flexibility index (Phi) is 8.16. The van der Waals surface area contributed by atoms with Crippen LogP contribution in [0.2, 0.25) is 0 Å². The van der Waals surface area contributed by atoms with Gasteiger partial charge in [-0.05, 0) is 63.2 Å². The number of likely N-dealkylation sites (N-methyl/N-ethyl adjacent to an activating group) is 1. The van der Waals surface area contributed by atoms with Gasteiger partial charge >= 0.3 is 0 Å². The van der Waals surface area contributed by atoms with Gasteiger partial charge in [-0.15, -0.1) is 0 Å². The summed E-state index contributed by atoms with van der Waals surface area (Å²) in [5.41, 5.74) is 4.42. The first kappa shape index (κ1) is 22.8. The van der Waals surface area contributed by atoms with Crippen LogP contribution >= 0.6 is 11.8 Å². The molecule has 0 heterocycles. The molecule has 0 saturated carbocycles. The summed E-state index contributed by atoms with van der Waals surface area (Å²) >= 11 is 0.448. The lowest BCUT2D eigenvalue weighted by molar-refractivity contribution is -0.119. The van der Waals surface area contributed by atoms with Crippen molar-refractivity contribution in [2.24, 2.45) is 0 Å². The summed E-state index contributed by atoms with van der Waals surface area (Å²) in [6, 6.07) is 10.2. The van der Waals surface area contributed by atoms with Crippen molar-refractivity contribution < 1.29 is 18.4 Å². The predicted molar refractivity (Wildman–Crippen MR) is 114 cm³/mol. The van der Waals surface area contributed by atoms with Gasteiger partial charge in [0.2, 0.25) is 11.8 Å². The second-order valence-corrected chi connectivity index (χ2v) is 8.01. The Morgan fingerprint density at radius 3 is 2.00 bits per heavy atom. The SMILES string of the molecule is Cc1cc(C)c(NC(=O)CN(C)CC(=O)Nc2ccc(SC(F)F)cc2)c(C)c1. The topological polar surface area (TPSA) is 61.4 Å². The van der Waals surface area contributed by atoms with Gasteiger partial charge in [0.15, 0.2) is 0 Å². The Balaban J connectivity index is 1.84. The molecule has 0 aliphatic rings. The van der Waals surface area contributed by atoms with E-state index in [2.05, 4.69) is 10.6 Å². The highest BCUT2D eigenvalue weighted by molar-refractivity contribution is 7.99. The zero-order valence-electron chi connectivity index (χ0n) is 16.9. The fraction of sp³-hybridized carbons (Fsp3) is 0.333. The van der Waals surface area contributed by atoms with Crippen LogP contribution in [0, 0.1) is 20.8 Å². The third-order valence-corrected chi connectivity index (χ3v) is 4.85. The van der Waals surface area contributed by atoms with Crippen LogP contribution in [0.25, 0.3) is 0 Å². The third-order valence-electron chi connectivity index (χ3n) is 4.13. The molecule has 2 amide bonds. The zero-order chi connectivity index (χ0) is 21.6. The molecule has 0 aliphatic heterocycles. The van der Waals surface area contributed by atoms with E-state index in [9.17, 15) is 18.4 Å². The summed E-state index contributed by atoms with van der Waals surface area (Å²) in [5.74, 6) is -2.98. The third kappa shape index (κ3) is 7.47. The van der Waals surface area contributed by atoms with Gasteiger partial charge in [-0.25, -0.2) is 0 Å². The molecule has 0 aliphatic carbocycles. The molecule has 0 saturated heterocycles. The van der Waals surface area contributed by atoms with Crippen LogP contribution in [0.5, 0.6) is 0 Å². The number of benzene rings is 2. The van der Waals surface area contributed by atoms with Crippen molar-refractivity contribution in [1.82, 2.24) is 4.90 Å². The molecule has 8 heteroatoms. The van der Waals surface area contributed by atoms with Crippen molar-refractivity contribution in [2.75, 3.05) is 30.8 Å². The lowest BCUT2D eigenvalue weighted by atomic mass is 10.1. The molecule has 0 aromatic heterocycles. The van der Waals surface area contributed by atoms with E-state index in [1.807, 2.05) is 32.9 Å². The van der Waals surface area contributed by atoms with Gasteiger partial charge in [0.1, 0.15) is 0 Å². The summed E-state index contributed by atoms with van der Waals surface area (Å²) < 4.78 is 24.7. The van der Waals surface area contributed by atoms with E-state index in [4.69, 9.17) is 0 Å². The Bertz CT molecular complexity index is 850. The maximum absolute atomic E-state index is 12.3. The van der Waals surface area contributed by atoms with Crippen LogP contribution < -0.4 is 10.6 Å². The number of amides is 2. The van der Waals surface area contributed by atoms with Crippen molar-refractivity contribution >= 4 is 35.0 Å². The Morgan fingerprint density at radius 1 is 0.966 bits per heavy atom. The summed E-state index contributed by atoms with van der Waals surface area (Å²) in [4.78, 5) is 26.5. The number of nitrogens with zero attached hydrogens (tertiary/aromatic N) is 1. The molecule has 5 nitrogen and oxygen atoms in total. The van der Waals surface area contributed by atoms with Gasteiger partial charge in [-0.1, -0.05) is 29.5 Å². The quantitative estimate of drug-likeness (QED) is 0.619. The Labute approximate surface area is 173 Å². The van der Waals surface area contributed by atoms with Gasteiger partial charge < -0.3 is 10.6 Å². The second kappa shape index (κ2) is 10.4. The number of halogens is 2. The molecule has 2 aromatic rings. The molecule has 2 aromatic carbocycles. The molecule has 0 spiro atoms. The fourth-order valence-electron chi connectivity index (χ4n) is 3.02. The number of anilines is 2. The molecule has 0 radical (unpaired) electrons. The number of aryl methyl sites for hydroxylation is 3. The normalized spacial score (nSPS) is 11.0. The number of carbonyl (C=O) groups excluding carboxylic acids is 2. The molecule has 29 heavy (non-hydrogen) atoms. The van der Waals surface area contributed by atoms with E-state index >= 15 is 0 Å². The number of carbonyl (C=O) groups is 2. The predicted octanol–water partition coefficient (Wildman–Crippen LogP) is 4.44. The molecule has 0 atom stereocenters. The first-order chi connectivity index (χ1) is 13.6. The molecule has 2 rings (SSSR count). The van der Waals surface area contributed by atoms with Crippen LogP contribution in [0.4, 0.5) is 20.2 Å². The molecule has 0 bridgehead atoms. The molecule has 156 valence electrons. The number of rotatable bonds is 8. The smallest absolute Gasteiger partial charge is 0.288 e. The van der Waals surface area contributed by atoms with E-state index in [1.165, 1.54) is 12.1 Å². The number of hydrogen-bond acceptors (Lipinski definition) is 4. The van der Waals surface area contributed by atoms with Gasteiger partial charge in [0, 0.05) is 16.3 Å². The van der Waals surface area contributed by atoms with Crippen LogP contribution in [-0.4, -0.2) is 42.6 Å². The Morgan fingerprint density at radius 2 is 1.48 bits per heavy atom. The highest BCUT2D eigenvalue weighted by Gasteiger charge is 2.13. The minimum absolute atomic E-state index is 0.0207. The van der Waals surface area contributed by atoms with E-state index in [0.29, 0.717) is 22.3 Å². The average Bonchev–Trinajstić information content (AvgIpc) is 2.59. The van der Waals surface area contributed by atoms with Crippen molar-refractivity contribution in [3.8, 4) is 0 Å². The monoisotopic (exact) mass is 421 g/mol. The van der Waals surface area contributed by atoms with Crippen LogP contribution in [0.15, 0.2) is 41.3 Å². The lowest BCUT2D eigenvalue weighted by Gasteiger charge is -2.18. The van der Waals surface area contributed by atoms with Crippen LogP contribution in [0.1, 0.15) is 16.7 Å². The van der Waals surface area contributed by atoms with Crippen molar-refractivity contribution in [3.05, 3.63) is 53.1 Å². The van der Waals surface area contributed by atoms with Gasteiger partial charge in [-0.3, -0.25) is 14.5 Å². The van der Waals surface area contributed by atoms with Crippen molar-refractivity contribution in [1.29, 1.82) is 0 Å². The number of hydrogen-bond donors (Lipinski definition) is 2. The summed E-state index contributed by atoms with van der Waals surface area (Å²) in [6.07, 6.45) is 0. The fourth-order valence-corrected chi connectivity index (χ4v) is 3.52. The first-order valence-electron chi connectivity index (χ1n) is 9.05. The van der Waals surface area contributed by atoms with Gasteiger partial charge in [0.05, 0.1) is 13.1 Å². The molecular formula is C21H25F2N3O2S. The van der Waals surface area contributed by atoms with Crippen LogP contribution in [0.3, 0.4) is 0 Å². The highest BCUT2D eigenvalue weighted by atomic mass is 32.2. The lowest BCUT2D eigenvalue weighted by Crippen LogP contribution is -2.36. The average molecular weight is 422 g/mol. The largest absolute Gasteiger partial charge is 0.325 e.